The Morgan fingerprint density at radius 3 is 2.87 bits per heavy atom. The molecule has 0 aliphatic carbocycles. The van der Waals surface area contributed by atoms with Crippen molar-refractivity contribution in [2.24, 2.45) is 0 Å². The van der Waals surface area contributed by atoms with Gasteiger partial charge in [-0.2, -0.15) is 0 Å². The minimum absolute atomic E-state index is 0.321. The number of nitrogens with zero attached hydrogens (tertiary/aromatic N) is 2. The lowest BCUT2D eigenvalue weighted by atomic mass is 10.2. The molecular formula is C9H6ClN3OS. The minimum atomic E-state index is 0.321. The highest BCUT2D eigenvalue weighted by atomic mass is 35.5. The van der Waals surface area contributed by atoms with Gasteiger partial charge in [0.15, 0.2) is 5.82 Å². The van der Waals surface area contributed by atoms with E-state index in [0.29, 0.717) is 32.7 Å². The predicted molar refractivity (Wildman–Crippen MR) is 59.2 cm³/mol. The SMILES string of the molecule is O=S=C(c1ncc[nH]1)c1ncccc1Cl. The number of hydrogen-bond acceptors (Lipinski definition) is 3. The number of aromatic amines is 1. The topological polar surface area (TPSA) is 58.6 Å². The molecule has 0 aliphatic heterocycles. The van der Waals surface area contributed by atoms with Gasteiger partial charge >= 0.3 is 0 Å². The van der Waals surface area contributed by atoms with Crippen molar-refractivity contribution >= 4 is 27.7 Å². The first-order valence-corrected chi connectivity index (χ1v) is 5.22. The Morgan fingerprint density at radius 2 is 2.27 bits per heavy atom. The third-order valence-corrected chi connectivity index (χ3v) is 2.63. The van der Waals surface area contributed by atoms with E-state index in [1.165, 1.54) is 0 Å². The molecule has 0 radical (unpaired) electrons. The average Bonchev–Trinajstić information content (AvgIpc) is 2.75. The van der Waals surface area contributed by atoms with E-state index in [1.54, 1.807) is 30.7 Å². The average molecular weight is 240 g/mol. The van der Waals surface area contributed by atoms with E-state index >= 15 is 0 Å². The van der Waals surface area contributed by atoms with Gasteiger partial charge in [0.1, 0.15) is 21.8 Å². The van der Waals surface area contributed by atoms with Crippen molar-refractivity contribution in [3.8, 4) is 0 Å². The van der Waals surface area contributed by atoms with Gasteiger partial charge in [-0.05, 0) is 12.1 Å². The van der Waals surface area contributed by atoms with Crippen LogP contribution in [0.4, 0.5) is 0 Å². The van der Waals surface area contributed by atoms with Gasteiger partial charge in [-0.15, -0.1) is 0 Å². The third-order valence-electron chi connectivity index (χ3n) is 1.77. The zero-order valence-corrected chi connectivity index (χ0v) is 9.05. The maximum absolute atomic E-state index is 11.0. The van der Waals surface area contributed by atoms with E-state index in [4.69, 9.17) is 11.6 Å². The van der Waals surface area contributed by atoms with Crippen LogP contribution in [0.15, 0.2) is 30.7 Å². The van der Waals surface area contributed by atoms with Gasteiger partial charge in [0.05, 0.1) is 5.02 Å². The molecule has 0 aromatic carbocycles. The Balaban J connectivity index is 2.55. The summed E-state index contributed by atoms with van der Waals surface area (Å²) in [4.78, 5) is 11.3. The molecule has 0 aliphatic rings. The lowest BCUT2D eigenvalue weighted by Gasteiger charge is -2.00. The van der Waals surface area contributed by atoms with Crippen molar-refractivity contribution in [2.75, 3.05) is 0 Å². The monoisotopic (exact) mass is 239 g/mol. The van der Waals surface area contributed by atoms with E-state index in [0.717, 1.165) is 0 Å². The Kier molecular flexibility index (Phi) is 2.94. The number of rotatable bonds is 2. The van der Waals surface area contributed by atoms with E-state index in [2.05, 4.69) is 15.0 Å². The van der Waals surface area contributed by atoms with Crippen LogP contribution in [0.2, 0.25) is 5.02 Å². The van der Waals surface area contributed by atoms with E-state index in [9.17, 15) is 4.21 Å². The maximum atomic E-state index is 11.0. The highest BCUT2D eigenvalue weighted by Crippen LogP contribution is 2.14. The van der Waals surface area contributed by atoms with Gasteiger partial charge in [0, 0.05) is 18.6 Å². The second-order valence-electron chi connectivity index (χ2n) is 2.68. The van der Waals surface area contributed by atoms with Gasteiger partial charge in [-0.25, -0.2) is 9.19 Å². The molecule has 0 atom stereocenters. The van der Waals surface area contributed by atoms with Gasteiger partial charge in [0.2, 0.25) is 0 Å². The summed E-state index contributed by atoms with van der Waals surface area (Å²) in [6.07, 6.45) is 4.80. The molecule has 15 heavy (non-hydrogen) atoms. The van der Waals surface area contributed by atoms with Crippen LogP contribution >= 0.6 is 11.6 Å². The molecule has 4 nitrogen and oxygen atoms in total. The van der Waals surface area contributed by atoms with Crippen LogP contribution in [0, 0.1) is 0 Å². The molecule has 0 saturated carbocycles. The van der Waals surface area contributed by atoms with Gasteiger partial charge in [0.25, 0.3) is 0 Å². The zero-order valence-electron chi connectivity index (χ0n) is 7.48. The fraction of sp³-hybridized carbons (Fsp3) is 0. The molecule has 0 bridgehead atoms. The highest BCUT2D eigenvalue weighted by molar-refractivity contribution is 7.67. The number of H-pyrrole nitrogens is 1. The van der Waals surface area contributed by atoms with Crippen LogP contribution in [-0.2, 0) is 11.3 Å². The predicted octanol–water partition coefficient (Wildman–Crippen LogP) is 1.24. The van der Waals surface area contributed by atoms with Crippen LogP contribution in [0.1, 0.15) is 11.5 Å². The summed E-state index contributed by atoms with van der Waals surface area (Å²) in [7, 11) is 0. The smallest absolute Gasteiger partial charge is 0.152 e. The Bertz CT molecular complexity index is 520. The summed E-state index contributed by atoms with van der Waals surface area (Å²) in [5, 5.41) is 0.437. The molecule has 6 heteroatoms. The summed E-state index contributed by atoms with van der Waals surface area (Å²) < 4.78 is 11.0. The lowest BCUT2D eigenvalue weighted by molar-refractivity contribution is 0.701. The molecule has 2 rings (SSSR count). The lowest BCUT2D eigenvalue weighted by Crippen LogP contribution is -2.08. The van der Waals surface area contributed by atoms with Crippen LogP contribution in [0.25, 0.3) is 0 Å². The van der Waals surface area contributed by atoms with Crippen molar-refractivity contribution in [3.05, 3.63) is 47.3 Å². The second-order valence-corrected chi connectivity index (χ2v) is 3.67. The van der Waals surface area contributed by atoms with Gasteiger partial charge in [-0.1, -0.05) is 11.6 Å². The summed E-state index contributed by atoms with van der Waals surface area (Å²) in [6.45, 7) is 0. The summed E-state index contributed by atoms with van der Waals surface area (Å²) >= 11 is 6.26. The molecule has 76 valence electrons. The summed E-state index contributed by atoms with van der Waals surface area (Å²) in [5.74, 6) is 0.482. The Labute approximate surface area is 94.4 Å². The normalized spacial score (nSPS) is 9.93. The maximum Gasteiger partial charge on any atom is 0.152 e. The molecule has 2 aromatic heterocycles. The Hall–Kier alpha value is -1.46. The van der Waals surface area contributed by atoms with E-state index < -0.39 is 0 Å². The van der Waals surface area contributed by atoms with Crippen LogP contribution in [-0.4, -0.2) is 24.0 Å². The third kappa shape index (κ3) is 1.98. The molecule has 0 unspecified atom stereocenters. The second kappa shape index (κ2) is 4.37. The largest absolute Gasteiger partial charge is 0.344 e. The standard InChI is InChI=1S/C9H6ClN3OS/c10-6-2-1-3-11-7(6)8(15-14)9-12-4-5-13-9/h1-5H,(H,12,13). The molecule has 0 spiro atoms. The molecule has 0 amide bonds. The summed E-state index contributed by atoms with van der Waals surface area (Å²) in [6, 6.07) is 3.39. The number of hydrogen-bond donors (Lipinski definition) is 1. The molecule has 2 aromatic rings. The fourth-order valence-electron chi connectivity index (χ4n) is 1.13. The quantitative estimate of drug-likeness (QED) is 0.634. The summed E-state index contributed by atoms with van der Waals surface area (Å²) in [5.41, 5.74) is 0.453. The number of halogens is 1. The molecule has 2 heterocycles. The van der Waals surface area contributed by atoms with Gasteiger partial charge in [-0.3, -0.25) is 4.98 Å². The zero-order chi connectivity index (χ0) is 10.7. The highest BCUT2D eigenvalue weighted by Gasteiger charge is 2.13. The van der Waals surface area contributed by atoms with Crippen molar-refractivity contribution in [1.82, 2.24) is 15.0 Å². The number of aromatic nitrogens is 3. The first kappa shape index (κ1) is 10.1. The molecular weight excluding hydrogens is 234 g/mol. The molecule has 0 saturated heterocycles. The Morgan fingerprint density at radius 1 is 1.40 bits per heavy atom. The van der Waals surface area contributed by atoms with Gasteiger partial charge < -0.3 is 4.98 Å². The minimum Gasteiger partial charge on any atom is -0.344 e. The van der Waals surface area contributed by atoms with E-state index in [1.807, 2.05) is 0 Å². The first-order valence-electron chi connectivity index (χ1n) is 4.10. The van der Waals surface area contributed by atoms with Crippen molar-refractivity contribution < 1.29 is 4.21 Å². The van der Waals surface area contributed by atoms with Crippen LogP contribution in [0.3, 0.4) is 0 Å². The molecule has 1 N–H and O–H groups in total. The van der Waals surface area contributed by atoms with Crippen LogP contribution < -0.4 is 0 Å². The fourth-order valence-corrected chi connectivity index (χ4v) is 1.84. The number of pyridine rings is 1. The first-order chi connectivity index (χ1) is 7.33. The van der Waals surface area contributed by atoms with Crippen molar-refractivity contribution in [1.29, 1.82) is 0 Å². The molecule has 0 fully saturated rings. The number of imidazole rings is 1. The van der Waals surface area contributed by atoms with E-state index in [-0.39, 0.29) is 0 Å². The van der Waals surface area contributed by atoms with Crippen molar-refractivity contribution in [3.63, 3.8) is 0 Å². The van der Waals surface area contributed by atoms with Crippen molar-refractivity contribution in [2.45, 2.75) is 0 Å². The number of nitrogens with one attached hydrogen (secondary N) is 1. The van der Waals surface area contributed by atoms with Crippen LogP contribution in [0.5, 0.6) is 0 Å².